The first-order valence-electron chi connectivity index (χ1n) is 9.73. The molecule has 0 aliphatic rings. The molecule has 1 amide bonds. The number of aryl methyl sites for hydroxylation is 1. The number of amides is 1. The van der Waals surface area contributed by atoms with Crippen molar-refractivity contribution < 1.29 is 17.9 Å². The van der Waals surface area contributed by atoms with Crippen LogP contribution in [0.4, 0.5) is 11.4 Å². The SMILES string of the molecule is COc1ccc(CC(=O)Nc2c(Cl)cncc2Cl)c2c3cc(NS(C)(=O)=O)ccc3n(C)c12. The van der Waals surface area contributed by atoms with Crippen LogP contribution in [0.2, 0.25) is 10.0 Å². The molecule has 2 N–H and O–H groups in total. The first kappa shape index (κ1) is 23.2. The Morgan fingerprint density at radius 3 is 2.48 bits per heavy atom. The summed E-state index contributed by atoms with van der Waals surface area (Å²) in [5.74, 6) is 0.310. The molecule has 0 aliphatic carbocycles. The minimum atomic E-state index is -3.45. The Labute approximate surface area is 200 Å². The predicted octanol–water partition coefficient (Wildman–Crippen LogP) is 4.59. The van der Waals surface area contributed by atoms with Gasteiger partial charge in [-0.2, -0.15) is 0 Å². The van der Waals surface area contributed by atoms with Crippen LogP contribution < -0.4 is 14.8 Å². The van der Waals surface area contributed by atoms with Gasteiger partial charge in [0.1, 0.15) is 5.75 Å². The molecule has 0 spiro atoms. The van der Waals surface area contributed by atoms with Gasteiger partial charge in [-0.25, -0.2) is 8.42 Å². The number of pyridine rings is 1. The second-order valence-corrected chi connectivity index (χ2v) is 10.1. The summed E-state index contributed by atoms with van der Waals surface area (Å²) >= 11 is 12.3. The molecule has 2 aromatic carbocycles. The van der Waals surface area contributed by atoms with E-state index in [0.717, 1.165) is 33.6 Å². The van der Waals surface area contributed by atoms with Crippen molar-refractivity contribution in [3.05, 3.63) is 58.3 Å². The van der Waals surface area contributed by atoms with Gasteiger partial charge in [-0.3, -0.25) is 14.5 Å². The standard InChI is InChI=1S/C22H20Cl2N4O4S/c1-28-17-6-5-13(27-33(3,30)31)9-14(17)20-12(4-7-18(32-2)22(20)28)8-19(29)26-21-15(23)10-25-11-16(21)24/h4-7,9-11,27H,8H2,1-3H3,(H,25,26,29). The van der Waals surface area contributed by atoms with Gasteiger partial charge < -0.3 is 14.6 Å². The van der Waals surface area contributed by atoms with Crippen LogP contribution in [0.5, 0.6) is 5.75 Å². The number of halogens is 2. The van der Waals surface area contributed by atoms with Gasteiger partial charge >= 0.3 is 0 Å². The first-order valence-corrected chi connectivity index (χ1v) is 12.4. The molecule has 0 saturated heterocycles. The fourth-order valence-electron chi connectivity index (χ4n) is 3.87. The van der Waals surface area contributed by atoms with Crippen molar-refractivity contribution in [3.8, 4) is 5.75 Å². The van der Waals surface area contributed by atoms with Crippen LogP contribution in [0.1, 0.15) is 5.56 Å². The fourth-order valence-corrected chi connectivity index (χ4v) is 4.89. The van der Waals surface area contributed by atoms with Gasteiger partial charge in [0.15, 0.2) is 0 Å². The fraction of sp³-hybridized carbons (Fsp3) is 0.182. The number of anilines is 2. The van der Waals surface area contributed by atoms with Crippen LogP contribution in [0.25, 0.3) is 21.8 Å². The lowest BCUT2D eigenvalue weighted by atomic mass is 10.0. The van der Waals surface area contributed by atoms with E-state index in [-0.39, 0.29) is 22.4 Å². The molecule has 0 atom stereocenters. The van der Waals surface area contributed by atoms with Crippen molar-refractivity contribution >= 4 is 72.3 Å². The summed E-state index contributed by atoms with van der Waals surface area (Å²) < 4.78 is 33.5. The maximum absolute atomic E-state index is 12.9. The number of nitrogens with zero attached hydrogens (tertiary/aromatic N) is 2. The molecule has 0 bridgehead atoms. The molecule has 2 heterocycles. The van der Waals surface area contributed by atoms with Gasteiger partial charge in [-0.15, -0.1) is 0 Å². The smallest absolute Gasteiger partial charge is 0.229 e. The summed E-state index contributed by atoms with van der Waals surface area (Å²) in [5, 5.41) is 4.78. The highest BCUT2D eigenvalue weighted by atomic mass is 35.5. The van der Waals surface area contributed by atoms with E-state index in [4.69, 9.17) is 27.9 Å². The molecular weight excluding hydrogens is 487 g/mol. The number of ether oxygens (including phenoxy) is 1. The molecule has 33 heavy (non-hydrogen) atoms. The average molecular weight is 507 g/mol. The van der Waals surface area contributed by atoms with Gasteiger partial charge in [-0.1, -0.05) is 29.3 Å². The molecule has 4 aromatic rings. The molecule has 11 heteroatoms. The average Bonchev–Trinajstić information content (AvgIpc) is 3.03. The summed E-state index contributed by atoms with van der Waals surface area (Å²) in [6.07, 6.45) is 3.91. The molecular formula is C22H20Cl2N4O4S. The number of rotatable bonds is 6. The first-order chi connectivity index (χ1) is 15.6. The number of methoxy groups -OCH3 is 1. The zero-order chi connectivity index (χ0) is 23.9. The number of fused-ring (bicyclic) bond motifs is 3. The Hall–Kier alpha value is -3.01. The summed E-state index contributed by atoms with van der Waals surface area (Å²) in [7, 11) is 0.00573. The number of carbonyl (C=O) groups excluding carboxylic acids is 1. The highest BCUT2D eigenvalue weighted by Gasteiger charge is 2.19. The zero-order valence-electron chi connectivity index (χ0n) is 17.9. The maximum Gasteiger partial charge on any atom is 0.229 e. The Kier molecular flexibility index (Phi) is 6.13. The van der Waals surface area contributed by atoms with Gasteiger partial charge in [0, 0.05) is 41.4 Å². The third-order valence-corrected chi connectivity index (χ3v) is 6.36. The number of nitrogens with one attached hydrogen (secondary N) is 2. The number of hydrogen-bond donors (Lipinski definition) is 2. The van der Waals surface area contributed by atoms with Crippen molar-refractivity contribution in [2.24, 2.45) is 7.05 Å². The molecule has 0 fully saturated rings. The lowest BCUT2D eigenvalue weighted by molar-refractivity contribution is -0.115. The molecule has 172 valence electrons. The van der Waals surface area contributed by atoms with Crippen molar-refractivity contribution in [3.63, 3.8) is 0 Å². The van der Waals surface area contributed by atoms with Crippen LogP contribution in [0.3, 0.4) is 0 Å². The van der Waals surface area contributed by atoms with E-state index in [1.54, 1.807) is 25.3 Å². The number of aromatic nitrogens is 2. The molecule has 0 radical (unpaired) electrons. The second-order valence-electron chi connectivity index (χ2n) is 7.52. The molecule has 4 rings (SSSR count). The number of benzene rings is 2. The van der Waals surface area contributed by atoms with Crippen LogP contribution >= 0.6 is 23.2 Å². The Bertz CT molecular complexity index is 1500. The third kappa shape index (κ3) is 4.57. The zero-order valence-corrected chi connectivity index (χ0v) is 20.3. The van der Waals surface area contributed by atoms with Crippen molar-refractivity contribution in [2.45, 2.75) is 6.42 Å². The Morgan fingerprint density at radius 2 is 1.85 bits per heavy atom. The van der Waals surface area contributed by atoms with Gasteiger partial charge in [-0.05, 0) is 29.8 Å². The lowest BCUT2D eigenvalue weighted by Crippen LogP contribution is -2.15. The largest absolute Gasteiger partial charge is 0.495 e. The highest BCUT2D eigenvalue weighted by molar-refractivity contribution is 7.92. The lowest BCUT2D eigenvalue weighted by Gasteiger charge is -2.11. The molecule has 2 aromatic heterocycles. The van der Waals surface area contributed by atoms with Crippen molar-refractivity contribution in [1.29, 1.82) is 0 Å². The van der Waals surface area contributed by atoms with Crippen LogP contribution in [0.15, 0.2) is 42.7 Å². The van der Waals surface area contributed by atoms with E-state index >= 15 is 0 Å². The Morgan fingerprint density at radius 1 is 1.15 bits per heavy atom. The van der Waals surface area contributed by atoms with E-state index in [2.05, 4.69) is 15.0 Å². The van der Waals surface area contributed by atoms with E-state index in [0.29, 0.717) is 17.1 Å². The normalized spacial score (nSPS) is 11.7. The number of carbonyl (C=O) groups is 1. The monoisotopic (exact) mass is 506 g/mol. The minimum Gasteiger partial charge on any atom is -0.495 e. The summed E-state index contributed by atoms with van der Waals surface area (Å²) in [6.45, 7) is 0. The van der Waals surface area contributed by atoms with Crippen LogP contribution in [-0.4, -0.2) is 37.2 Å². The van der Waals surface area contributed by atoms with Crippen molar-refractivity contribution in [1.82, 2.24) is 9.55 Å². The molecule has 0 unspecified atom stereocenters. The Balaban J connectivity index is 1.84. The summed E-state index contributed by atoms with van der Waals surface area (Å²) in [5.41, 5.74) is 3.09. The van der Waals surface area contributed by atoms with Gasteiger partial charge in [0.2, 0.25) is 15.9 Å². The minimum absolute atomic E-state index is 0.0261. The molecule has 8 nitrogen and oxygen atoms in total. The van der Waals surface area contributed by atoms with Gasteiger partial charge in [0.05, 0.1) is 41.0 Å². The maximum atomic E-state index is 12.9. The number of sulfonamides is 1. The molecule has 0 saturated carbocycles. The second kappa shape index (κ2) is 8.74. The van der Waals surface area contributed by atoms with E-state index in [1.165, 1.54) is 12.4 Å². The third-order valence-electron chi connectivity index (χ3n) is 5.18. The molecule has 0 aliphatic heterocycles. The van der Waals surface area contributed by atoms with Crippen LogP contribution in [0, 0.1) is 0 Å². The number of hydrogen-bond acceptors (Lipinski definition) is 5. The van der Waals surface area contributed by atoms with Gasteiger partial charge in [0.25, 0.3) is 0 Å². The predicted molar refractivity (Wildman–Crippen MR) is 132 cm³/mol. The highest BCUT2D eigenvalue weighted by Crippen LogP contribution is 2.38. The van der Waals surface area contributed by atoms with Crippen LogP contribution in [-0.2, 0) is 28.3 Å². The summed E-state index contributed by atoms with van der Waals surface area (Å²) in [4.78, 5) is 16.8. The topological polar surface area (TPSA) is 102 Å². The van der Waals surface area contributed by atoms with E-state index in [9.17, 15) is 13.2 Å². The quantitative estimate of drug-likeness (QED) is 0.397. The van der Waals surface area contributed by atoms with E-state index < -0.39 is 10.0 Å². The summed E-state index contributed by atoms with van der Waals surface area (Å²) in [6, 6.07) is 8.87. The van der Waals surface area contributed by atoms with E-state index in [1.807, 2.05) is 23.7 Å². The van der Waals surface area contributed by atoms with Crippen molar-refractivity contribution in [2.75, 3.05) is 23.4 Å².